The average molecular weight is 258 g/mol. The van der Waals surface area contributed by atoms with Crippen molar-refractivity contribution >= 4 is 17.5 Å². The van der Waals surface area contributed by atoms with Crippen molar-refractivity contribution in [1.82, 2.24) is 5.32 Å². The fourth-order valence-electron chi connectivity index (χ4n) is 1.87. The zero-order valence-electron chi connectivity index (χ0n) is 10.6. The first-order chi connectivity index (χ1) is 8.10. The molecule has 1 amide bonds. The van der Waals surface area contributed by atoms with Crippen LogP contribution in [0.15, 0.2) is 16.7 Å². The molecule has 0 radical (unpaired) electrons. The average Bonchev–Trinajstić information content (AvgIpc) is 2.74. The molecule has 0 bridgehead atoms. The predicted molar refractivity (Wildman–Crippen MR) is 69.5 cm³/mol. The molecular weight excluding hydrogens is 238 g/mol. The summed E-state index contributed by atoms with van der Waals surface area (Å²) >= 11 is 6.25. The molecule has 1 heterocycles. The van der Waals surface area contributed by atoms with Gasteiger partial charge in [0.2, 0.25) is 0 Å². The number of halogens is 1. The maximum Gasteiger partial charge on any atom is 0.254 e. The third-order valence-electron chi connectivity index (χ3n) is 3.12. The summed E-state index contributed by atoms with van der Waals surface area (Å²) in [5.41, 5.74) is 0.582. The van der Waals surface area contributed by atoms with E-state index in [4.69, 9.17) is 16.0 Å². The van der Waals surface area contributed by atoms with Crippen molar-refractivity contribution in [2.75, 3.05) is 6.54 Å². The fraction of sp³-hybridized carbons (Fsp3) is 0.615. The Hall–Kier alpha value is -0.960. The highest BCUT2D eigenvalue weighted by Crippen LogP contribution is 2.18. The Balaban J connectivity index is 2.46. The summed E-state index contributed by atoms with van der Waals surface area (Å²) in [6.45, 7) is 6.50. The molecule has 0 aromatic carbocycles. The van der Waals surface area contributed by atoms with Crippen LogP contribution in [0, 0.1) is 12.8 Å². The molecule has 1 aromatic heterocycles. The van der Waals surface area contributed by atoms with Crippen molar-refractivity contribution < 1.29 is 9.21 Å². The second-order valence-electron chi connectivity index (χ2n) is 4.19. The van der Waals surface area contributed by atoms with Crippen LogP contribution in [0.25, 0.3) is 0 Å². The largest absolute Gasteiger partial charge is 0.469 e. The van der Waals surface area contributed by atoms with E-state index in [1.807, 2.05) is 0 Å². The van der Waals surface area contributed by atoms with Crippen LogP contribution in [0.4, 0.5) is 0 Å². The predicted octanol–water partition coefficient (Wildman–Crippen LogP) is 3.36. The van der Waals surface area contributed by atoms with Crippen LogP contribution in [-0.2, 0) is 0 Å². The Kier molecular flexibility index (Phi) is 5.56. The number of hydrogen-bond donors (Lipinski definition) is 1. The van der Waals surface area contributed by atoms with Crippen LogP contribution in [0.1, 0.15) is 42.8 Å². The highest BCUT2D eigenvalue weighted by atomic mass is 35.5. The maximum absolute atomic E-state index is 11.8. The quantitative estimate of drug-likeness (QED) is 0.794. The van der Waals surface area contributed by atoms with E-state index in [9.17, 15) is 4.79 Å². The molecule has 1 N–H and O–H groups in total. The number of rotatable bonds is 6. The Morgan fingerprint density at radius 2 is 2.12 bits per heavy atom. The number of nitrogens with one attached hydrogen (secondary N) is 1. The van der Waals surface area contributed by atoms with E-state index in [0.717, 1.165) is 12.8 Å². The fourth-order valence-corrected chi connectivity index (χ4v) is 2.31. The summed E-state index contributed by atoms with van der Waals surface area (Å²) in [4.78, 5) is 11.8. The summed E-state index contributed by atoms with van der Waals surface area (Å²) in [5.74, 6) is 0.964. The Bertz CT molecular complexity index is 358. The van der Waals surface area contributed by atoms with Gasteiger partial charge in [-0.2, -0.15) is 0 Å². The summed E-state index contributed by atoms with van der Waals surface area (Å²) in [6, 6.07) is 1.67. The Labute approximate surface area is 108 Å². The number of hydrogen-bond acceptors (Lipinski definition) is 2. The van der Waals surface area contributed by atoms with Crippen LogP contribution in [0.5, 0.6) is 0 Å². The molecule has 0 saturated carbocycles. The van der Waals surface area contributed by atoms with Gasteiger partial charge < -0.3 is 9.73 Å². The van der Waals surface area contributed by atoms with Crippen LogP contribution < -0.4 is 5.32 Å². The van der Waals surface area contributed by atoms with Gasteiger partial charge in [0.1, 0.15) is 5.76 Å². The molecule has 0 spiro atoms. The molecule has 0 saturated heterocycles. The standard InChI is InChI=1S/C13H20ClNO2/c1-4-10(5-2)12(14)8-15-13(16)11-6-7-17-9(11)3/h6-7,10,12H,4-5,8H2,1-3H3,(H,15,16). The van der Waals surface area contributed by atoms with Gasteiger partial charge in [0.25, 0.3) is 5.91 Å². The minimum Gasteiger partial charge on any atom is -0.469 e. The lowest BCUT2D eigenvalue weighted by atomic mass is 9.99. The summed E-state index contributed by atoms with van der Waals surface area (Å²) in [6.07, 6.45) is 3.58. The van der Waals surface area contributed by atoms with Gasteiger partial charge in [-0.05, 0) is 18.9 Å². The number of aryl methyl sites for hydroxylation is 1. The van der Waals surface area contributed by atoms with E-state index in [0.29, 0.717) is 23.8 Å². The van der Waals surface area contributed by atoms with Crippen LogP contribution in [-0.4, -0.2) is 17.8 Å². The number of furan rings is 1. The molecule has 0 aliphatic carbocycles. The molecule has 1 atom stereocenters. The number of carbonyl (C=O) groups excluding carboxylic acids is 1. The van der Waals surface area contributed by atoms with Gasteiger partial charge in [-0.15, -0.1) is 11.6 Å². The molecular formula is C13H20ClNO2. The topological polar surface area (TPSA) is 42.2 Å². The van der Waals surface area contributed by atoms with Crippen molar-refractivity contribution in [1.29, 1.82) is 0 Å². The monoisotopic (exact) mass is 257 g/mol. The minimum absolute atomic E-state index is 0.0128. The van der Waals surface area contributed by atoms with Gasteiger partial charge in [0.05, 0.1) is 17.2 Å². The Morgan fingerprint density at radius 1 is 1.47 bits per heavy atom. The van der Waals surface area contributed by atoms with E-state index in [-0.39, 0.29) is 11.3 Å². The first-order valence-electron chi connectivity index (χ1n) is 6.06. The van der Waals surface area contributed by atoms with Gasteiger partial charge in [0.15, 0.2) is 0 Å². The number of alkyl halides is 1. The van der Waals surface area contributed by atoms with Gasteiger partial charge >= 0.3 is 0 Å². The molecule has 3 nitrogen and oxygen atoms in total. The van der Waals surface area contributed by atoms with Crippen molar-refractivity contribution in [3.8, 4) is 0 Å². The number of carbonyl (C=O) groups is 1. The molecule has 0 fully saturated rings. The van der Waals surface area contributed by atoms with Crippen LogP contribution >= 0.6 is 11.6 Å². The smallest absolute Gasteiger partial charge is 0.254 e. The highest BCUT2D eigenvalue weighted by molar-refractivity contribution is 6.21. The second kappa shape index (κ2) is 6.70. The van der Waals surface area contributed by atoms with Crippen molar-refractivity contribution in [3.05, 3.63) is 23.7 Å². The third-order valence-corrected chi connectivity index (χ3v) is 3.63. The Morgan fingerprint density at radius 3 is 2.59 bits per heavy atom. The van der Waals surface area contributed by atoms with Crippen molar-refractivity contribution in [2.45, 2.75) is 39.0 Å². The van der Waals surface area contributed by atoms with Crippen molar-refractivity contribution in [2.24, 2.45) is 5.92 Å². The van der Waals surface area contributed by atoms with Gasteiger partial charge in [-0.3, -0.25) is 4.79 Å². The zero-order valence-corrected chi connectivity index (χ0v) is 11.4. The summed E-state index contributed by atoms with van der Waals surface area (Å²) in [5, 5.41) is 2.83. The van der Waals surface area contributed by atoms with Gasteiger partial charge in [0, 0.05) is 6.54 Å². The lowest BCUT2D eigenvalue weighted by Crippen LogP contribution is -2.33. The highest BCUT2D eigenvalue weighted by Gasteiger charge is 2.18. The molecule has 96 valence electrons. The molecule has 0 aliphatic heterocycles. The first-order valence-corrected chi connectivity index (χ1v) is 6.50. The van der Waals surface area contributed by atoms with Crippen molar-refractivity contribution in [3.63, 3.8) is 0 Å². The molecule has 4 heteroatoms. The lowest BCUT2D eigenvalue weighted by Gasteiger charge is -2.19. The zero-order chi connectivity index (χ0) is 12.8. The van der Waals surface area contributed by atoms with Crippen LogP contribution in [0.2, 0.25) is 0 Å². The summed E-state index contributed by atoms with van der Waals surface area (Å²) < 4.78 is 5.09. The minimum atomic E-state index is -0.118. The first kappa shape index (κ1) is 14.1. The normalized spacial score (nSPS) is 12.8. The SMILES string of the molecule is CCC(CC)C(Cl)CNC(=O)c1ccoc1C. The van der Waals surface area contributed by atoms with Crippen LogP contribution in [0.3, 0.4) is 0 Å². The molecule has 0 aliphatic rings. The van der Waals surface area contributed by atoms with Gasteiger partial charge in [-0.25, -0.2) is 0 Å². The van der Waals surface area contributed by atoms with E-state index in [1.165, 1.54) is 6.26 Å². The van der Waals surface area contributed by atoms with Gasteiger partial charge in [-0.1, -0.05) is 26.7 Å². The van der Waals surface area contributed by atoms with E-state index < -0.39 is 0 Å². The lowest BCUT2D eigenvalue weighted by molar-refractivity contribution is 0.0950. The van der Waals surface area contributed by atoms with E-state index in [1.54, 1.807) is 13.0 Å². The molecule has 17 heavy (non-hydrogen) atoms. The second-order valence-corrected chi connectivity index (χ2v) is 4.75. The maximum atomic E-state index is 11.8. The molecule has 1 unspecified atom stereocenters. The summed E-state index contributed by atoms with van der Waals surface area (Å²) in [7, 11) is 0. The number of amides is 1. The van der Waals surface area contributed by atoms with E-state index in [2.05, 4.69) is 19.2 Å². The molecule has 1 rings (SSSR count). The molecule has 1 aromatic rings. The third kappa shape index (κ3) is 3.77. The van der Waals surface area contributed by atoms with E-state index >= 15 is 0 Å².